The second kappa shape index (κ2) is 9.08. The molecular formula is C16H16F3NO8. The van der Waals surface area contributed by atoms with E-state index < -0.39 is 29.8 Å². The molecule has 2 rings (SSSR count). The monoisotopic (exact) mass is 407 g/mol. The van der Waals surface area contributed by atoms with Gasteiger partial charge in [0.2, 0.25) is 0 Å². The number of rotatable bonds is 5. The first-order valence-electron chi connectivity index (χ1n) is 7.38. The summed E-state index contributed by atoms with van der Waals surface area (Å²) in [6.45, 7) is 0. The summed E-state index contributed by atoms with van der Waals surface area (Å²) in [5, 5.41) is 16.6. The van der Waals surface area contributed by atoms with Crippen molar-refractivity contribution in [1.82, 2.24) is 0 Å². The lowest BCUT2D eigenvalue weighted by atomic mass is 10.0. The van der Waals surface area contributed by atoms with Gasteiger partial charge >= 0.3 is 23.7 Å². The number of alkyl halides is 3. The highest BCUT2D eigenvalue weighted by Gasteiger charge is 2.38. The number of aliphatic carboxylic acids is 2. The van der Waals surface area contributed by atoms with Gasteiger partial charge in [-0.15, -0.1) is 0 Å². The molecule has 1 aromatic heterocycles. The Morgan fingerprint density at radius 1 is 1.14 bits per heavy atom. The van der Waals surface area contributed by atoms with Gasteiger partial charge in [-0.25, -0.2) is 9.59 Å². The van der Waals surface area contributed by atoms with E-state index in [2.05, 4.69) is 0 Å². The van der Waals surface area contributed by atoms with Gasteiger partial charge in [-0.3, -0.25) is 4.79 Å². The highest BCUT2D eigenvalue weighted by Crippen LogP contribution is 2.33. The maximum Gasteiger partial charge on any atom is 0.490 e. The number of ether oxygens (including phenoxy) is 2. The third-order valence-electron chi connectivity index (χ3n) is 3.33. The molecule has 28 heavy (non-hydrogen) atoms. The second-order valence-electron chi connectivity index (χ2n) is 5.25. The molecule has 0 saturated heterocycles. The minimum Gasteiger partial charge on any atom is -0.493 e. The molecule has 0 fully saturated rings. The van der Waals surface area contributed by atoms with Crippen molar-refractivity contribution in [3.05, 3.63) is 34.2 Å². The van der Waals surface area contributed by atoms with E-state index in [9.17, 15) is 22.8 Å². The van der Waals surface area contributed by atoms with Crippen molar-refractivity contribution in [2.24, 2.45) is 5.73 Å². The van der Waals surface area contributed by atoms with Crippen LogP contribution in [0.2, 0.25) is 0 Å². The van der Waals surface area contributed by atoms with E-state index in [0.717, 1.165) is 0 Å². The van der Waals surface area contributed by atoms with Crippen LogP contribution < -0.4 is 20.8 Å². The molecule has 0 aliphatic rings. The molecule has 9 nitrogen and oxygen atoms in total. The van der Waals surface area contributed by atoms with Crippen LogP contribution in [0, 0.1) is 0 Å². The number of halogens is 3. The molecule has 0 saturated carbocycles. The maximum atomic E-state index is 11.6. The van der Waals surface area contributed by atoms with E-state index in [4.69, 9.17) is 34.6 Å². The number of carboxylic acids is 2. The zero-order valence-corrected chi connectivity index (χ0v) is 14.6. The van der Waals surface area contributed by atoms with E-state index >= 15 is 0 Å². The van der Waals surface area contributed by atoms with Crippen LogP contribution in [-0.2, 0) is 16.0 Å². The van der Waals surface area contributed by atoms with E-state index in [1.165, 1.54) is 26.4 Å². The van der Waals surface area contributed by atoms with E-state index in [1.807, 2.05) is 0 Å². The first-order chi connectivity index (χ1) is 12.9. The molecule has 0 aliphatic carbocycles. The summed E-state index contributed by atoms with van der Waals surface area (Å²) in [6, 6.07) is 3.27. The largest absolute Gasteiger partial charge is 0.493 e. The number of fused-ring (bicyclic) bond motifs is 1. The number of carbonyl (C=O) groups is 2. The Kier molecular flexibility index (Phi) is 7.38. The highest BCUT2D eigenvalue weighted by atomic mass is 19.4. The van der Waals surface area contributed by atoms with Crippen molar-refractivity contribution < 1.29 is 46.9 Å². The van der Waals surface area contributed by atoms with E-state index in [-0.39, 0.29) is 12.0 Å². The van der Waals surface area contributed by atoms with Gasteiger partial charge in [0, 0.05) is 17.5 Å². The average molecular weight is 407 g/mol. The van der Waals surface area contributed by atoms with Gasteiger partial charge in [-0.2, -0.15) is 13.2 Å². The molecule has 0 amide bonds. The summed E-state index contributed by atoms with van der Waals surface area (Å²) in [5.41, 5.74) is 5.72. The van der Waals surface area contributed by atoms with Crippen LogP contribution in [0.5, 0.6) is 11.5 Å². The van der Waals surface area contributed by atoms with Crippen molar-refractivity contribution >= 4 is 22.9 Å². The first kappa shape index (κ1) is 22.8. The van der Waals surface area contributed by atoms with Crippen LogP contribution >= 0.6 is 0 Å². The molecule has 4 N–H and O–H groups in total. The third kappa shape index (κ3) is 5.87. The standard InChI is InChI=1S/C14H15NO6.C2HF3O2/c1-19-11-5-8-7(3-9(15)14(17)18)4-13(16)21-10(8)6-12(11)20-2;3-2(4,5)1(6)7/h4-6,9H,3,15H2,1-2H3,(H,17,18);(H,6,7). The summed E-state index contributed by atoms with van der Waals surface area (Å²) < 4.78 is 47.2. The number of benzene rings is 1. The predicted molar refractivity (Wildman–Crippen MR) is 88.6 cm³/mol. The first-order valence-corrected chi connectivity index (χ1v) is 7.38. The van der Waals surface area contributed by atoms with Crippen molar-refractivity contribution in [2.75, 3.05) is 14.2 Å². The van der Waals surface area contributed by atoms with Gasteiger partial charge in [-0.1, -0.05) is 0 Å². The number of carboxylic acid groups (broad SMARTS) is 2. The Morgan fingerprint density at radius 2 is 1.64 bits per heavy atom. The molecule has 0 aliphatic heterocycles. The molecule has 1 aromatic carbocycles. The van der Waals surface area contributed by atoms with Crippen LogP contribution in [0.25, 0.3) is 11.0 Å². The fraction of sp³-hybridized carbons (Fsp3) is 0.312. The van der Waals surface area contributed by atoms with Crippen molar-refractivity contribution in [3.8, 4) is 11.5 Å². The summed E-state index contributed by atoms with van der Waals surface area (Å²) in [5.74, 6) is -3.04. The number of methoxy groups -OCH3 is 2. The van der Waals surface area contributed by atoms with Crippen LogP contribution in [0.3, 0.4) is 0 Å². The van der Waals surface area contributed by atoms with Crippen molar-refractivity contribution in [1.29, 1.82) is 0 Å². The molecule has 1 unspecified atom stereocenters. The van der Waals surface area contributed by atoms with E-state index in [0.29, 0.717) is 22.4 Å². The third-order valence-corrected chi connectivity index (χ3v) is 3.33. The van der Waals surface area contributed by atoms with Crippen LogP contribution in [-0.4, -0.2) is 48.6 Å². The molecule has 0 radical (unpaired) electrons. The van der Waals surface area contributed by atoms with Gasteiger partial charge in [0.15, 0.2) is 11.5 Å². The Hall–Kier alpha value is -3.28. The average Bonchev–Trinajstić information content (AvgIpc) is 2.59. The Labute approximate surface area is 155 Å². The number of nitrogens with two attached hydrogens (primary N) is 1. The number of hydrogen-bond acceptors (Lipinski definition) is 7. The normalized spacial score (nSPS) is 11.9. The van der Waals surface area contributed by atoms with Crippen molar-refractivity contribution in [3.63, 3.8) is 0 Å². The molecule has 1 heterocycles. The molecule has 12 heteroatoms. The van der Waals surface area contributed by atoms with Crippen molar-refractivity contribution in [2.45, 2.75) is 18.6 Å². The second-order valence-corrected chi connectivity index (χ2v) is 5.25. The van der Waals surface area contributed by atoms with Gasteiger partial charge in [0.05, 0.1) is 14.2 Å². The number of hydrogen-bond donors (Lipinski definition) is 3. The zero-order chi connectivity index (χ0) is 21.6. The van der Waals surface area contributed by atoms with Crippen LogP contribution in [0.15, 0.2) is 27.4 Å². The SMILES string of the molecule is COc1cc2oc(=O)cc(CC(N)C(=O)O)c2cc1OC.O=C(O)C(F)(F)F. The van der Waals surface area contributed by atoms with Gasteiger partial charge < -0.3 is 29.8 Å². The molecule has 0 bridgehead atoms. The lowest BCUT2D eigenvalue weighted by Crippen LogP contribution is -2.32. The molecular weight excluding hydrogens is 391 g/mol. The molecule has 2 aromatic rings. The fourth-order valence-electron chi connectivity index (χ4n) is 2.05. The Bertz CT molecular complexity index is 922. The maximum absolute atomic E-state index is 11.6. The summed E-state index contributed by atoms with van der Waals surface area (Å²) in [4.78, 5) is 31.4. The summed E-state index contributed by atoms with van der Waals surface area (Å²) in [7, 11) is 2.94. The fourth-order valence-corrected chi connectivity index (χ4v) is 2.05. The lowest BCUT2D eigenvalue weighted by Gasteiger charge is -2.12. The van der Waals surface area contributed by atoms with Gasteiger partial charge in [0.1, 0.15) is 11.6 Å². The minimum absolute atomic E-state index is 0.00686. The topological polar surface area (TPSA) is 149 Å². The van der Waals surface area contributed by atoms with Crippen LogP contribution in [0.1, 0.15) is 5.56 Å². The Morgan fingerprint density at radius 3 is 2.07 bits per heavy atom. The lowest BCUT2D eigenvalue weighted by molar-refractivity contribution is -0.192. The van der Waals surface area contributed by atoms with Gasteiger partial charge in [-0.05, 0) is 18.1 Å². The summed E-state index contributed by atoms with van der Waals surface area (Å²) in [6.07, 6.45) is -5.08. The Balaban J connectivity index is 0.000000480. The van der Waals surface area contributed by atoms with E-state index in [1.54, 1.807) is 6.07 Å². The molecule has 0 spiro atoms. The smallest absolute Gasteiger partial charge is 0.490 e. The zero-order valence-electron chi connectivity index (χ0n) is 14.6. The van der Waals surface area contributed by atoms with Gasteiger partial charge in [0.25, 0.3) is 0 Å². The predicted octanol–water partition coefficient (Wildman–Crippen LogP) is 1.40. The minimum atomic E-state index is -5.08. The summed E-state index contributed by atoms with van der Waals surface area (Å²) >= 11 is 0. The molecule has 1 atom stereocenters. The quantitative estimate of drug-likeness (QED) is 0.625. The van der Waals surface area contributed by atoms with Crippen LogP contribution in [0.4, 0.5) is 13.2 Å². The molecule has 154 valence electrons. The highest BCUT2D eigenvalue weighted by molar-refractivity contribution is 5.85.